The van der Waals surface area contributed by atoms with Crippen molar-refractivity contribution >= 4 is 88.0 Å². The molecular weight excluding hydrogens is 779 g/mol. The summed E-state index contributed by atoms with van der Waals surface area (Å²) in [6.07, 6.45) is 2.66. The molecule has 0 radical (unpaired) electrons. The summed E-state index contributed by atoms with van der Waals surface area (Å²) in [4.78, 5) is -1.38. The van der Waals surface area contributed by atoms with Crippen molar-refractivity contribution in [1.29, 1.82) is 0 Å². The van der Waals surface area contributed by atoms with Gasteiger partial charge in [-0.15, -0.1) is 9.45 Å². The van der Waals surface area contributed by atoms with Crippen molar-refractivity contribution in [2.24, 2.45) is 15.3 Å². The minimum absolute atomic E-state index is 0.0699. The molecule has 0 heterocycles. The van der Waals surface area contributed by atoms with Gasteiger partial charge >= 0.3 is 0 Å². The largest absolute Gasteiger partial charge is 0.594 e. The van der Waals surface area contributed by atoms with E-state index in [0.717, 1.165) is 24.3 Å². The Morgan fingerprint density at radius 1 is 0.811 bits per heavy atom. The second kappa shape index (κ2) is 15.7. The number of aromatic hydroxyl groups is 1. The molecule has 5 aromatic rings. The van der Waals surface area contributed by atoms with Crippen molar-refractivity contribution in [2.45, 2.75) is 19.6 Å². The van der Waals surface area contributed by atoms with E-state index in [1.807, 2.05) is 0 Å². The monoisotopic (exact) mass is 803 g/mol. The van der Waals surface area contributed by atoms with Crippen molar-refractivity contribution in [1.82, 2.24) is 0 Å². The van der Waals surface area contributed by atoms with Crippen molar-refractivity contribution < 1.29 is 59.0 Å². The van der Waals surface area contributed by atoms with Gasteiger partial charge in [-0.25, -0.2) is 13.7 Å². The Balaban J connectivity index is 1.53. The van der Waals surface area contributed by atoms with Crippen LogP contribution in [0.15, 0.2) is 126 Å². The molecule has 5 rings (SSSR count). The fraction of sp³-hybridized carbons (Fsp3) is 0.0323. The molecule has 0 saturated carbocycles. The Morgan fingerprint density at radius 3 is 2.15 bits per heavy atom. The molecule has 0 unspecified atom stereocenters. The van der Waals surface area contributed by atoms with Crippen molar-refractivity contribution in [3.8, 4) is 5.75 Å². The van der Waals surface area contributed by atoms with Crippen molar-refractivity contribution in [2.75, 3.05) is 11.8 Å². The number of sulfonamides is 1. The molecule has 0 amide bonds. The molecule has 22 heteroatoms. The first-order valence-electron chi connectivity index (χ1n) is 14.4. The summed E-state index contributed by atoms with van der Waals surface area (Å²) in [5.41, 5.74) is -0.398. The fourth-order valence-corrected chi connectivity index (χ4v) is 7.72. The van der Waals surface area contributed by atoms with Gasteiger partial charge < -0.3 is 10.3 Å². The van der Waals surface area contributed by atoms with Gasteiger partial charge in [-0.1, -0.05) is 46.3 Å². The van der Waals surface area contributed by atoms with E-state index in [1.54, 1.807) is 18.2 Å². The lowest BCUT2D eigenvalue weighted by Crippen LogP contribution is -2.12. The van der Waals surface area contributed by atoms with Gasteiger partial charge in [0, 0.05) is 23.2 Å². The molecule has 53 heavy (non-hydrogen) atoms. The lowest BCUT2D eigenvalue weighted by molar-refractivity contribution is -0.440. The van der Waals surface area contributed by atoms with E-state index in [1.165, 1.54) is 67.7 Å². The molecule has 0 spiro atoms. The normalized spacial score (nSPS) is 12.9. The molecule has 0 atom stereocenters. The SMILES string of the molecule is CN=[N+]([O-])c1ccc(/C=C/c2ccc(N=Nc3c(S(=O)(=O)O)cc4cc(S(=O)(=O)Nc5ccccc5)ccc4c3O)cc2S(=O)(=O)O)c(SOOO)c1. The van der Waals surface area contributed by atoms with Gasteiger partial charge in [-0.05, 0) is 76.2 Å². The molecule has 18 nitrogen and oxygen atoms in total. The minimum Gasteiger partial charge on any atom is -0.594 e. The maximum Gasteiger partial charge on any atom is 0.296 e. The molecule has 0 aliphatic carbocycles. The quantitative estimate of drug-likeness (QED) is 0.0151. The first-order valence-corrected chi connectivity index (χ1v) is 19.5. The van der Waals surface area contributed by atoms with E-state index in [9.17, 15) is 44.7 Å². The Labute approximate surface area is 305 Å². The van der Waals surface area contributed by atoms with E-state index in [0.29, 0.717) is 22.5 Å². The summed E-state index contributed by atoms with van der Waals surface area (Å²) >= 11 is 0.511. The number of fused-ring (bicyclic) bond motifs is 1. The number of rotatable bonds is 13. The average molecular weight is 804 g/mol. The lowest BCUT2D eigenvalue weighted by atomic mass is 10.1. The third kappa shape index (κ3) is 9.20. The van der Waals surface area contributed by atoms with Crippen LogP contribution in [0.2, 0.25) is 0 Å². The summed E-state index contributed by atoms with van der Waals surface area (Å²) in [6, 6.07) is 19.7. The third-order valence-corrected chi connectivity index (χ3v) is 11.0. The van der Waals surface area contributed by atoms with Crippen LogP contribution in [0.1, 0.15) is 11.1 Å². The van der Waals surface area contributed by atoms with Crippen molar-refractivity contribution in [3.05, 3.63) is 107 Å². The van der Waals surface area contributed by atoms with Gasteiger partial charge in [0.25, 0.3) is 30.3 Å². The van der Waals surface area contributed by atoms with Gasteiger partial charge in [0.2, 0.25) is 5.69 Å². The van der Waals surface area contributed by atoms with Crippen LogP contribution < -0.4 is 4.72 Å². The van der Waals surface area contributed by atoms with E-state index < -0.39 is 51.5 Å². The van der Waals surface area contributed by atoms with E-state index in [2.05, 4.69) is 29.4 Å². The topological polar surface area (TPSA) is 277 Å². The summed E-state index contributed by atoms with van der Waals surface area (Å²) in [6.45, 7) is 0. The van der Waals surface area contributed by atoms with E-state index in [4.69, 9.17) is 5.26 Å². The highest BCUT2D eigenvalue weighted by atomic mass is 32.2. The number of para-hydroxylation sites is 1. The number of nitrogens with zero attached hydrogens (tertiary/aromatic N) is 4. The second-order valence-corrected chi connectivity index (χ2v) is 15.8. The molecule has 0 aliphatic rings. The summed E-state index contributed by atoms with van der Waals surface area (Å²) in [5, 5.41) is 46.0. The maximum absolute atomic E-state index is 13.0. The van der Waals surface area contributed by atoms with Gasteiger partial charge in [-0.3, -0.25) is 13.8 Å². The van der Waals surface area contributed by atoms with Crippen LogP contribution in [-0.4, -0.2) is 56.6 Å². The minimum atomic E-state index is -5.12. The highest BCUT2D eigenvalue weighted by molar-refractivity contribution is 7.94. The standard InChI is InChI=1S/C31H25N5O13S4/c1-32-36(38)24-12-10-19(27(18-24)50-49-48-39)7-8-20-9-11-23(17-28(20)52(42,43)44)33-34-30-29(53(45,46)47)16-21-15-25(13-14-26(21)31(30)37)51(40,41)35-22-5-3-2-4-6-22/h2-18,35,37,39H,1H3,(H,42,43,44)(H,45,46,47)/b8-7+,34-33?,36-32?. The number of hydrogen-bond acceptors (Lipinski definition) is 15. The second-order valence-electron chi connectivity index (χ2n) is 10.6. The van der Waals surface area contributed by atoms with Crippen LogP contribution in [0.3, 0.4) is 0 Å². The molecule has 0 saturated heterocycles. The lowest BCUT2D eigenvalue weighted by Gasteiger charge is -2.12. The molecule has 0 aliphatic heterocycles. The fourth-order valence-electron chi connectivity index (χ4n) is 4.76. The van der Waals surface area contributed by atoms with Crippen LogP contribution in [-0.2, 0) is 39.6 Å². The first-order chi connectivity index (χ1) is 25.0. The van der Waals surface area contributed by atoms with Gasteiger partial charge in [0.1, 0.15) is 15.5 Å². The van der Waals surface area contributed by atoms with Crippen LogP contribution in [0.5, 0.6) is 5.75 Å². The van der Waals surface area contributed by atoms with Crippen molar-refractivity contribution in [3.63, 3.8) is 0 Å². The highest BCUT2D eigenvalue weighted by Gasteiger charge is 2.24. The summed E-state index contributed by atoms with van der Waals surface area (Å²) in [7, 11) is -13.0. The third-order valence-electron chi connectivity index (χ3n) is 7.17. The maximum atomic E-state index is 13.0. The highest BCUT2D eigenvalue weighted by Crippen LogP contribution is 2.42. The van der Waals surface area contributed by atoms with Gasteiger partial charge in [0.15, 0.2) is 5.75 Å². The first kappa shape index (κ1) is 38.9. The molecule has 0 aromatic heterocycles. The molecule has 0 bridgehead atoms. The average Bonchev–Trinajstić information content (AvgIpc) is 3.11. The van der Waals surface area contributed by atoms with Crippen LogP contribution in [0, 0.1) is 5.21 Å². The Kier molecular flexibility index (Phi) is 11.6. The Bertz CT molecular complexity index is 2640. The number of phenolic OH excluding ortho intramolecular Hbond substituents is 1. The zero-order valence-electron chi connectivity index (χ0n) is 26.7. The molecule has 5 N–H and O–H groups in total. The number of nitrogens with one attached hydrogen (secondary N) is 1. The van der Waals surface area contributed by atoms with Crippen LogP contribution in [0.4, 0.5) is 22.7 Å². The zero-order chi connectivity index (χ0) is 38.6. The van der Waals surface area contributed by atoms with Crippen LogP contribution >= 0.6 is 12.0 Å². The predicted octanol–water partition coefficient (Wildman–Crippen LogP) is 7.08. The molecule has 5 aromatic carbocycles. The molecule has 0 fully saturated rings. The number of benzene rings is 5. The number of azo groups is 2. The predicted molar refractivity (Wildman–Crippen MR) is 191 cm³/mol. The molecular formula is C31H25N5O13S4. The Hall–Kier alpha value is -5.30. The molecule has 276 valence electrons. The smallest absolute Gasteiger partial charge is 0.296 e. The number of phenols is 1. The Morgan fingerprint density at radius 2 is 1.49 bits per heavy atom. The van der Waals surface area contributed by atoms with Crippen LogP contribution in [0.25, 0.3) is 22.9 Å². The van der Waals surface area contributed by atoms with Gasteiger partial charge in [-0.2, -0.15) is 21.9 Å². The summed E-state index contributed by atoms with van der Waals surface area (Å²) in [5.74, 6) is -0.809. The zero-order valence-corrected chi connectivity index (χ0v) is 30.0. The number of hydrogen-bond donors (Lipinski definition) is 5. The van der Waals surface area contributed by atoms with Gasteiger partial charge in [0.05, 0.1) is 34.6 Å². The summed E-state index contributed by atoms with van der Waals surface area (Å²) < 4.78 is 102. The van der Waals surface area contributed by atoms with E-state index in [-0.39, 0.29) is 43.2 Å². The number of anilines is 1. The van der Waals surface area contributed by atoms with E-state index >= 15 is 0 Å².